The zero-order chi connectivity index (χ0) is 37.3. The molecule has 2 aliphatic rings. The number of primary amides is 1. The van der Waals surface area contributed by atoms with E-state index in [1.165, 1.54) is 18.0 Å². The predicted octanol–water partition coefficient (Wildman–Crippen LogP) is -0.368. The Kier molecular flexibility index (Phi) is 14.3. The maximum absolute atomic E-state index is 13.7. The number of carboxylic acid groups (broad SMARTS) is 1. The largest absolute Gasteiger partial charge is 0.481 e. The summed E-state index contributed by atoms with van der Waals surface area (Å²) in [5.41, 5.74) is 6.63. The summed E-state index contributed by atoms with van der Waals surface area (Å²) in [6.07, 6.45) is 0.773. The highest BCUT2D eigenvalue weighted by Gasteiger charge is 2.36. The molecule has 0 radical (unpaired) electrons. The third-order valence-electron chi connectivity index (χ3n) is 8.21. The van der Waals surface area contributed by atoms with Gasteiger partial charge in [-0.05, 0) is 48.3 Å². The zero-order valence-corrected chi connectivity index (χ0v) is 30.0. The molecule has 50 heavy (non-hydrogen) atoms. The second kappa shape index (κ2) is 17.9. The second-order valence-electron chi connectivity index (χ2n) is 13.6. The van der Waals surface area contributed by atoms with Crippen LogP contribution in [0.2, 0.25) is 0 Å². The van der Waals surface area contributed by atoms with Crippen molar-refractivity contribution in [2.24, 2.45) is 28.5 Å². The molecule has 0 spiro atoms. The Morgan fingerprint density at radius 1 is 0.860 bits per heavy atom. The Bertz CT molecular complexity index is 1500. The first-order valence-corrected chi connectivity index (χ1v) is 17.6. The quantitative estimate of drug-likeness (QED) is 0.184. The molecule has 0 unspecified atom stereocenters. The smallest absolute Gasteiger partial charge is 0.303 e. The molecule has 3 rings (SSSR count). The number of aliphatic carboxylic acids is 1. The van der Waals surface area contributed by atoms with Gasteiger partial charge in [-0.2, -0.15) is 0 Å². The van der Waals surface area contributed by atoms with Crippen molar-refractivity contribution in [3.05, 3.63) is 29.6 Å². The van der Waals surface area contributed by atoms with Crippen molar-refractivity contribution in [3.63, 3.8) is 0 Å². The summed E-state index contributed by atoms with van der Waals surface area (Å²) < 4.78 is 0. The standard InChI is InChI=1S/C33H48N8O8S/c1-15(2)11-21-29(46)36-19(7-8-24(42)43)28(45)37-20(27(34)44)12-18-9-10-35-22(13-18)33-39-23(14-50-33)30(47)40-26(17(5)6)32(49)41-25(16(3)4)31(48)38-21/h9-10,13,15-17,19-21,23,25-26H,7-8,11-12,14H2,1-6H3,(H2,34,44)(H,36,46)(H,37,45)(H,38,48)(H,40,47)(H,41,49)(H,42,43)/t19-,20-,21-,23-,25-,26-/m0/s1. The number of aliphatic imine (C=N–C) groups is 1. The van der Waals surface area contributed by atoms with Crippen LogP contribution in [0.5, 0.6) is 0 Å². The lowest BCUT2D eigenvalue weighted by molar-refractivity contribution is -0.138. The van der Waals surface area contributed by atoms with Crippen LogP contribution in [0, 0.1) is 17.8 Å². The van der Waals surface area contributed by atoms with Gasteiger partial charge in [0, 0.05) is 24.8 Å². The fourth-order valence-electron chi connectivity index (χ4n) is 5.43. The third kappa shape index (κ3) is 11.2. The van der Waals surface area contributed by atoms with Crippen LogP contribution in [0.1, 0.15) is 72.1 Å². The zero-order valence-electron chi connectivity index (χ0n) is 29.1. The minimum atomic E-state index is -1.39. The molecule has 6 atom stereocenters. The van der Waals surface area contributed by atoms with E-state index in [1.807, 2.05) is 13.8 Å². The highest BCUT2D eigenvalue weighted by molar-refractivity contribution is 8.14. The molecule has 0 saturated carbocycles. The monoisotopic (exact) mass is 716 g/mol. The molecule has 0 fully saturated rings. The van der Waals surface area contributed by atoms with Crippen molar-refractivity contribution in [1.82, 2.24) is 31.6 Å². The average Bonchev–Trinajstić information content (AvgIpc) is 3.53. The van der Waals surface area contributed by atoms with E-state index in [0.29, 0.717) is 16.3 Å². The van der Waals surface area contributed by atoms with Crippen molar-refractivity contribution >= 4 is 58.2 Å². The lowest BCUT2D eigenvalue weighted by Crippen LogP contribution is -2.61. The Morgan fingerprint density at radius 3 is 2.02 bits per heavy atom. The van der Waals surface area contributed by atoms with E-state index in [9.17, 15) is 38.7 Å². The summed E-state index contributed by atoms with van der Waals surface area (Å²) in [6, 6.07) is -3.48. The van der Waals surface area contributed by atoms with E-state index in [0.717, 1.165) is 0 Å². The molecule has 8 N–H and O–H groups in total. The number of hydrogen-bond acceptors (Lipinski definition) is 10. The number of carbonyl (C=O) groups excluding carboxylic acids is 6. The van der Waals surface area contributed by atoms with Crippen LogP contribution in [0.25, 0.3) is 0 Å². The summed E-state index contributed by atoms with van der Waals surface area (Å²) in [4.78, 5) is 101. The van der Waals surface area contributed by atoms with Gasteiger partial charge in [-0.3, -0.25) is 43.5 Å². The summed E-state index contributed by atoms with van der Waals surface area (Å²) >= 11 is 1.29. The number of thioether (sulfide) groups is 1. The molecule has 274 valence electrons. The van der Waals surface area contributed by atoms with Crippen LogP contribution >= 0.6 is 11.8 Å². The molecule has 1 aromatic rings. The summed E-state index contributed by atoms with van der Waals surface area (Å²) in [5.74, 6) is -6.03. The first kappa shape index (κ1) is 39.9. The number of amides is 6. The van der Waals surface area contributed by atoms with Crippen LogP contribution in [0.15, 0.2) is 23.3 Å². The van der Waals surface area contributed by atoms with Gasteiger partial charge < -0.3 is 37.4 Å². The van der Waals surface area contributed by atoms with E-state index in [1.54, 1.807) is 39.8 Å². The van der Waals surface area contributed by atoms with Gasteiger partial charge in [0.25, 0.3) is 0 Å². The number of nitrogens with zero attached hydrogens (tertiary/aromatic N) is 2. The number of aromatic nitrogens is 1. The Labute approximate surface area is 295 Å². The minimum Gasteiger partial charge on any atom is -0.481 e. The Balaban J connectivity index is 2.07. The number of carbonyl (C=O) groups is 7. The molecule has 0 saturated heterocycles. The van der Waals surface area contributed by atoms with Crippen LogP contribution in [0.4, 0.5) is 0 Å². The van der Waals surface area contributed by atoms with Gasteiger partial charge in [0.2, 0.25) is 35.4 Å². The van der Waals surface area contributed by atoms with Crippen LogP contribution in [0.3, 0.4) is 0 Å². The molecule has 0 aromatic carbocycles. The molecular weight excluding hydrogens is 668 g/mol. The number of carboxylic acids is 1. The second-order valence-corrected chi connectivity index (χ2v) is 14.6. The fraction of sp³-hybridized carbons (Fsp3) is 0.606. The molecule has 2 aliphatic heterocycles. The summed E-state index contributed by atoms with van der Waals surface area (Å²) in [6.45, 7) is 10.6. The average molecular weight is 717 g/mol. The van der Waals surface area contributed by atoms with E-state index in [4.69, 9.17) is 5.73 Å². The van der Waals surface area contributed by atoms with Crippen LogP contribution < -0.4 is 32.3 Å². The molecule has 1 aromatic heterocycles. The van der Waals surface area contributed by atoms with E-state index in [2.05, 4.69) is 36.6 Å². The summed E-state index contributed by atoms with van der Waals surface area (Å²) in [7, 11) is 0. The number of hydrogen-bond donors (Lipinski definition) is 7. The van der Waals surface area contributed by atoms with Crippen LogP contribution in [-0.4, -0.2) is 98.6 Å². The van der Waals surface area contributed by atoms with Crippen molar-refractivity contribution < 1.29 is 38.7 Å². The van der Waals surface area contributed by atoms with Gasteiger partial charge >= 0.3 is 5.97 Å². The van der Waals surface area contributed by atoms with Gasteiger partial charge in [-0.15, -0.1) is 11.8 Å². The Hall–Kier alpha value is -4.54. The highest BCUT2D eigenvalue weighted by Crippen LogP contribution is 2.24. The number of rotatable bonds is 8. The highest BCUT2D eigenvalue weighted by atomic mass is 32.2. The van der Waals surface area contributed by atoms with Gasteiger partial charge in [0.1, 0.15) is 41.3 Å². The first-order valence-electron chi connectivity index (χ1n) is 16.7. The van der Waals surface area contributed by atoms with E-state index >= 15 is 0 Å². The lowest BCUT2D eigenvalue weighted by atomic mass is 9.97. The molecule has 3 heterocycles. The van der Waals surface area contributed by atoms with Crippen molar-refractivity contribution in [2.45, 2.75) is 103 Å². The number of pyridine rings is 1. The summed E-state index contributed by atoms with van der Waals surface area (Å²) in [5, 5.41) is 23.1. The minimum absolute atomic E-state index is 0.0636. The lowest BCUT2D eigenvalue weighted by Gasteiger charge is -2.29. The third-order valence-corrected chi connectivity index (χ3v) is 9.28. The molecule has 0 aliphatic carbocycles. The van der Waals surface area contributed by atoms with Gasteiger partial charge in [-0.1, -0.05) is 41.5 Å². The van der Waals surface area contributed by atoms with Crippen molar-refractivity contribution in [2.75, 3.05) is 5.75 Å². The maximum atomic E-state index is 13.7. The molecular formula is C33H48N8O8S. The maximum Gasteiger partial charge on any atom is 0.303 e. The van der Waals surface area contributed by atoms with Crippen LogP contribution in [-0.2, 0) is 40.0 Å². The predicted molar refractivity (Wildman–Crippen MR) is 186 cm³/mol. The topological polar surface area (TPSA) is 251 Å². The number of nitrogens with two attached hydrogens (primary N) is 1. The van der Waals surface area contributed by atoms with E-state index < -0.39 is 90.0 Å². The van der Waals surface area contributed by atoms with E-state index in [-0.39, 0.29) is 36.9 Å². The first-order chi connectivity index (χ1) is 23.5. The molecule has 17 heteroatoms. The van der Waals surface area contributed by atoms with Crippen molar-refractivity contribution in [3.8, 4) is 0 Å². The number of nitrogens with one attached hydrogen (secondary N) is 5. The van der Waals surface area contributed by atoms with Gasteiger partial charge in [0.05, 0.1) is 5.69 Å². The fourth-order valence-corrected chi connectivity index (χ4v) is 6.44. The molecule has 16 nitrogen and oxygen atoms in total. The van der Waals surface area contributed by atoms with Gasteiger partial charge in [-0.25, -0.2) is 0 Å². The number of fused-ring (bicyclic) bond motifs is 4. The molecule has 6 amide bonds. The van der Waals surface area contributed by atoms with Crippen molar-refractivity contribution in [1.29, 1.82) is 0 Å². The van der Waals surface area contributed by atoms with Gasteiger partial charge in [0.15, 0.2) is 0 Å². The SMILES string of the molecule is CC(C)C[C@@H]1NC(=O)[C@H](C(C)C)NC(=O)[C@H](C(C)C)NC(=O)[C@@H]2CSC(=N2)c2cc(ccn2)C[C@@H](C(N)=O)NC(=O)[C@H](CCC(=O)O)NC1=O. The molecule has 4 bridgehead atoms. The normalized spacial score (nSPS) is 25.8. The Morgan fingerprint density at radius 2 is 1.44 bits per heavy atom.